The summed E-state index contributed by atoms with van der Waals surface area (Å²) in [6, 6.07) is 6.24. The highest BCUT2D eigenvalue weighted by Crippen LogP contribution is 2.25. The van der Waals surface area contributed by atoms with E-state index in [0.29, 0.717) is 5.92 Å². The second kappa shape index (κ2) is 6.21. The van der Waals surface area contributed by atoms with Crippen molar-refractivity contribution in [3.63, 3.8) is 0 Å². The molecular formula is C17H20O. The van der Waals surface area contributed by atoms with Crippen LogP contribution in [0.3, 0.4) is 0 Å². The predicted octanol–water partition coefficient (Wildman–Crippen LogP) is 4.11. The Morgan fingerprint density at radius 2 is 2.11 bits per heavy atom. The first-order valence-corrected chi connectivity index (χ1v) is 6.21. The minimum absolute atomic E-state index is 0.0236. The van der Waals surface area contributed by atoms with Crippen LogP contribution in [-0.4, -0.2) is 5.78 Å². The maximum absolute atomic E-state index is 11.7. The number of ketones is 1. The van der Waals surface area contributed by atoms with E-state index in [9.17, 15) is 4.79 Å². The highest BCUT2D eigenvalue weighted by Gasteiger charge is 2.09. The third-order valence-electron chi connectivity index (χ3n) is 3.04. The van der Waals surface area contributed by atoms with Crippen LogP contribution in [0, 0.1) is 19.3 Å². The lowest BCUT2D eigenvalue weighted by Crippen LogP contribution is -2.00. The van der Waals surface area contributed by atoms with Gasteiger partial charge in [0.15, 0.2) is 5.78 Å². The molecule has 18 heavy (non-hydrogen) atoms. The van der Waals surface area contributed by atoms with E-state index in [1.807, 2.05) is 13.0 Å². The van der Waals surface area contributed by atoms with E-state index < -0.39 is 0 Å². The molecule has 0 unspecified atom stereocenters. The average molecular weight is 240 g/mol. The van der Waals surface area contributed by atoms with Crippen LogP contribution in [-0.2, 0) is 4.79 Å². The molecule has 0 aliphatic heterocycles. The van der Waals surface area contributed by atoms with Gasteiger partial charge in [-0.25, -0.2) is 0 Å². The van der Waals surface area contributed by atoms with Crippen molar-refractivity contribution in [2.24, 2.45) is 0 Å². The predicted molar refractivity (Wildman–Crippen MR) is 77.4 cm³/mol. The average Bonchev–Trinajstić information content (AvgIpc) is 2.31. The van der Waals surface area contributed by atoms with Crippen molar-refractivity contribution >= 4 is 11.9 Å². The van der Waals surface area contributed by atoms with Gasteiger partial charge in [-0.05, 0) is 48.1 Å². The Morgan fingerprint density at radius 1 is 1.44 bits per heavy atom. The lowest BCUT2D eigenvalue weighted by atomic mass is 9.92. The summed E-state index contributed by atoms with van der Waals surface area (Å²) < 4.78 is 0. The highest BCUT2D eigenvalue weighted by molar-refractivity contribution is 6.00. The summed E-state index contributed by atoms with van der Waals surface area (Å²) in [5.74, 6) is 2.86. The number of aryl methyl sites for hydroxylation is 1. The number of hydrogen-bond acceptors (Lipinski definition) is 1. The number of hydrogen-bond donors (Lipinski definition) is 0. The Morgan fingerprint density at radius 3 is 2.67 bits per heavy atom. The van der Waals surface area contributed by atoms with E-state index >= 15 is 0 Å². The lowest BCUT2D eigenvalue weighted by Gasteiger charge is -2.13. The number of rotatable bonds is 4. The molecule has 0 fully saturated rings. The fourth-order valence-corrected chi connectivity index (χ4v) is 1.93. The summed E-state index contributed by atoms with van der Waals surface area (Å²) in [5.41, 5.74) is 4.33. The number of benzene rings is 1. The number of allylic oxidation sites excluding steroid dienone is 1. The van der Waals surface area contributed by atoms with Gasteiger partial charge in [0.2, 0.25) is 0 Å². The molecule has 0 aromatic heterocycles. The van der Waals surface area contributed by atoms with Crippen molar-refractivity contribution in [2.75, 3.05) is 0 Å². The number of carbonyl (C=O) groups excluding carboxylic acids is 1. The van der Waals surface area contributed by atoms with Gasteiger partial charge >= 0.3 is 0 Å². The van der Waals surface area contributed by atoms with Gasteiger partial charge in [-0.2, -0.15) is 0 Å². The van der Waals surface area contributed by atoms with Gasteiger partial charge in [-0.15, -0.1) is 6.42 Å². The molecule has 0 heterocycles. The monoisotopic (exact) mass is 240 g/mol. The summed E-state index contributed by atoms with van der Waals surface area (Å²) in [7, 11) is 0. The van der Waals surface area contributed by atoms with Crippen molar-refractivity contribution in [3.05, 3.63) is 40.5 Å². The Balaban J connectivity index is 3.22. The van der Waals surface area contributed by atoms with Crippen LogP contribution in [0.25, 0.3) is 6.08 Å². The summed E-state index contributed by atoms with van der Waals surface area (Å²) >= 11 is 0. The van der Waals surface area contributed by atoms with Gasteiger partial charge in [0, 0.05) is 0 Å². The van der Waals surface area contributed by atoms with E-state index in [1.165, 1.54) is 11.1 Å². The number of Topliss-reactive ketones (excluding diaryl/α,β-unsaturated/α-hetero) is 1. The highest BCUT2D eigenvalue weighted by atomic mass is 16.1. The molecule has 0 radical (unpaired) electrons. The minimum Gasteiger partial charge on any atom is -0.293 e. The molecule has 0 bridgehead atoms. The third-order valence-corrected chi connectivity index (χ3v) is 3.04. The van der Waals surface area contributed by atoms with Gasteiger partial charge in [0.1, 0.15) is 0 Å². The molecule has 0 N–H and O–H groups in total. The lowest BCUT2D eigenvalue weighted by molar-refractivity contribution is -0.114. The number of carbonyl (C=O) groups is 1. The van der Waals surface area contributed by atoms with Crippen molar-refractivity contribution in [1.82, 2.24) is 0 Å². The van der Waals surface area contributed by atoms with E-state index in [2.05, 4.69) is 44.9 Å². The second-order valence-corrected chi connectivity index (χ2v) is 4.86. The molecule has 0 atom stereocenters. The molecule has 94 valence electrons. The van der Waals surface area contributed by atoms with Crippen LogP contribution in [0.15, 0.2) is 23.8 Å². The summed E-state index contributed by atoms with van der Waals surface area (Å²) in [4.78, 5) is 11.7. The molecule has 0 saturated heterocycles. The van der Waals surface area contributed by atoms with E-state index in [1.54, 1.807) is 0 Å². The summed E-state index contributed by atoms with van der Waals surface area (Å²) in [6.07, 6.45) is 7.31. The van der Waals surface area contributed by atoms with E-state index in [0.717, 1.165) is 11.1 Å². The molecule has 1 rings (SSSR count). The largest absolute Gasteiger partial charge is 0.293 e. The molecule has 1 nitrogen and oxygen atoms in total. The summed E-state index contributed by atoms with van der Waals surface area (Å²) in [5, 5.41) is 0. The first-order valence-electron chi connectivity index (χ1n) is 6.21. The SMILES string of the molecule is C#CCC(=O)/C(C)=C/c1c(C)cccc1C(C)C. The fraction of sp³-hybridized carbons (Fsp3) is 0.353. The smallest absolute Gasteiger partial charge is 0.170 e. The van der Waals surface area contributed by atoms with E-state index in [4.69, 9.17) is 6.42 Å². The quantitative estimate of drug-likeness (QED) is 0.571. The Kier molecular flexibility index (Phi) is 4.92. The topological polar surface area (TPSA) is 17.1 Å². The molecule has 0 amide bonds. The molecule has 1 aromatic carbocycles. The van der Waals surface area contributed by atoms with Crippen molar-refractivity contribution < 1.29 is 4.79 Å². The first-order chi connectivity index (χ1) is 8.47. The molecule has 1 aromatic rings. The van der Waals surface area contributed by atoms with Crippen molar-refractivity contribution in [2.45, 2.75) is 40.0 Å². The maximum atomic E-state index is 11.7. The molecule has 0 spiro atoms. The van der Waals surface area contributed by atoms with Gasteiger partial charge in [0.05, 0.1) is 6.42 Å². The molecule has 1 heteroatoms. The van der Waals surface area contributed by atoms with Crippen molar-refractivity contribution in [3.8, 4) is 12.3 Å². The molecule has 0 aliphatic carbocycles. The van der Waals surface area contributed by atoms with Gasteiger partial charge in [0.25, 0.3) is 0 Å². The second-order valence-electron chi connectivity index (χ2n) is 4.86. The standard InChI is InChI=1S/C17H20O/c1-6-8-17(18)14(5)11-16-13(4)9-7-10-15(16)12(2)3/h1,7,9-12H,8H2,2-5H3/b14-11+. The van der Waals surface area contributed by atoms with Gasteiger partial charge in [-0.3, -0.25) is 4.79 Å². The molecule has 0 saturated carbocycles. The Bertz CT molecular complexity index is 513. The Hall–Kier alpha value is -1.81. The van der Waals surface area contributed by atoms with Gasteiger partial charge < -0.3 is 0 Å². The van der Waals surface area contributed by atoms with E-state index in [-0.39, 0.29) is 12.2 Å². The normalized spacial score (nSPS) is 11.4. The third kappa shape index (κ3) is 3.34. The van der Waals surface area contributed by atoms with Crippen LogP contribution in [0.4, 0.5) is 0 Å². The number of terminal acetylenes is 1. The first kappa shape index (κ1) is 14.3. The van der Waals surface area contributed by atoms with Crippen LogP contribution >= 0.6 is 0 Å². The zero-order valence-corrected chi connectivity index (χ0v) is 11.6. The van der Waals surface area contributed by atoms with Crippen LogP contribution in [0.5, 0.6) is 0 Å². The fourth-order valence-electron chi connectivity index (χ4n) is 1.93. The zero-order valence-electron chi connectivity index (χ0n) is 11.6. The maximum Gasteiger partial charge on any atom is 0.170 e. The zero-order chi connectivity index (χ0) is 13.7. The molecular weight excluding hydrogens is 220 g/mol. The summed E-state index contributed by atoms with van der Waals surface area (Å²) in [6.45, 7) is 8.21. The van der Waals surface area contributed by atoms with Gasteiger partial charge in [-0.1, -0.05) is 38.0 Å². The minimum atomic E-state index is 0.0236. The van der Waals surface area contributed by atoms with Crippen LogP contribution in [0.2, 0.25) is 0 Å². The van der Waals surface area contributed by atoms with Crippen LogP contribution < -0.4 is 0 Å². The van der Waals surface area contributed by atoms with Crippen molar-refractivity contribution in [1.29, 1.82) is 0 Å². The Labute approximate surface area is 110 Å². The van der Waals surface area contributed by atoms with Crippen LogP contribution in [0.1, 0.15) is 49.8 Å². The molecule has 0 aliphatic rings.